The Balaban J connectivity index is 1.90. The monoisotopic (exact) mass is 418 g/mol. The van der Waals surface area contributed by atoms with Crippen LogP contribution in [0.3, 0.4) is 0 Å². The molecule has 2 N–H and O–H groups in total. The summed E-state index contributed by atoms with van der Waals surface area (Å²) in [6.45, 7) is 7.62. The van der Waals surface area contributed by atoms with Crippen molar-refractivity contribution in [2.45, 2.75) is 39.4 Å². The summed E-state index contributed by atoms with van der Waals surface area (Å²) in [5.74, 6) is 1.06. The molecular weight excluding hydrogens is 396 g/mol. The normalized spacial score (nSPS) is 17.7. The van der Waals surface area contributed by atoms with Gasteiger partial charge in [-0.05, 0) is 58.1 Å². The van der Waals surface area contributed by atoms with E-state index in [0.29, 0.717) is 33.9 Å². The molecule has 0 saturated heterocycles. The molecule has 2 aromatic carbocycles. The molecule has 5 rings (SSSR count). The molecule has 0 saturated carbocycles. The lowest BCUT2D eigenvalue weighted by Gasteiger charge is -2.29. The number of phenols is 2. The molecule has 0 radical (unpaired) electrons. The van der Waals surface area contributed by atoms with Crippen LogP contribution in [0.4, 0.5) is 0 Å². The number of allylic oxidation sites excluding steroid dienone is 1. The van der Waals surface area contributed by atoms with Crippen molar-refractivity contribution in [3.63, 3.8) is 0 Å². The van der Waals surface area contributed by atoms with E-state index in [1.165, 1.54) is 18.2 Å². The van der Waals surface area contributed by atoms with E-state index in [1.54, 1.807) is 6.07 Å². The first kappa shape index (κ1) is 19.3. The molecule has 6 nitrogen and oxygen atoms in total. The first-order valence-corrected chi connectivity index (χ1v) is 10.0. The van der Waals surface area contributed by atoms with Crippen molar-refractivity contribution >= 4 is 17.0 Å². The molecular formula is C25H22O6. The zero-order valence-electron chi connectivity index (χ0n) is 17.6. The third-order valence-corrected chi connectivity index (χ3v) is 5.44. The molecule has 2 aliphatic rings. The molecule has 3 heterocycles. The van der Waals surface area contributed by atoms with Crippen molar-refractivity contribution in [1.29, 1.82) is 0 Å². The second kappa shape index (κ2) is 6.41. The van der Waals surface area contributed by atoms with Crippen LogP contribution < -0.4 is 14.9 Å². The van der Waals surface area contributed by atoms with Crippen LogP contribution in [-0.4, -0.2) is 15.8 Å². The Morgan fingerprint density at radius 2 is 1.90 bits per heavy atom. The van der Waals surface area contributed by atoms with Crippen LogP contribution in [0.25, 0.3) is 28.4 Å². The Hall–Kier alpha value is -3.67. The molecule has 1 atom stereocenters. The third-order valence-electron chi connectivity index (χ3n) is 5.44. The van der Waals surface area contributed by atoms with Crippen molar-refractivity contribution in [1.82, 2.24) is 0 Å². The van der Waals surface area contributed by atoms with Gasteiger partial charge in [0.05, 0.1) is 16.7 Å². The van der Waals surface area contributed by atoms with Gasteiger partial charge in [-0.2, -0.15) is 0 Å². The van der Waals surface area contributed by atoms with Crippen molar-refractivity contribution in [2.75, 3.05) is 0 Å². The van der Waals surface area contributed by atoms with Gasteiger partial charge in [-0.3, -0.25) is 4.79 Å². The average Bonchev–Trinajstić information content (AvgIpc) is 2.65. The number of hydrogen-bond donors (Lipinski definition) is 2. The van der Waals surface area contributed by atoms with Crippen LogP contribution in [0.1, 0.15) is 44.9 Å². The van der Waals surface area contributed by atoms with E-state index >= 15 is 0 Å². The van der Waals surface area contributed by atoms with E-state index in [2.05, 4.69) is 0 Å². The van der Waals surface area contributed by atoms with Crippen LogP contribution >= 0.6 is 0 Å². The van der Waals surface area contributed by atoms with E-state index in [0.717, 1.165) is 5.57 Å². The predicted octanol–water partition coefficient (Wildman–Crippen LogP) is 5.46. The lowest BCUT2D eigenvalue weighted by atomic mass is 9.94. The van der Waals surface area contributed by atoms with Gasteiger partial charge in [-0.1, -0.05) is 5.57 Å². The topological polar surface area (TPSA) is 89.1 Å². The second-order valence-electron chi connectivity index (χ2n) is 8.69. The fourth-order valence-electron chi connectivity index (χ4n) is 4.07. The number of aromatic hydroxyl groups is 2. The fraction of sp³-hybridized carbons (Fsp3) is 0.240. The maximum absolute atomic E-state index is 13.6. The van der Waals surface area contributed by atoms with Crippen molar-refractivity contribution in [3.05, 3.63) is 63.3 Å². The third kappa shape index (κ3) is 2.98. The molecule has 6 heteroatoms. The fourth-order valence-corrected chi connectivity index (χ4v) is 4.07. The summed E-state index contributed by atoms with van der Waals surface area (Å²) in [7, 11) is 0. The Morgan fingerprint density at radius 3 is 2.65 bits per heavy atom. The number of ether oxygens (including phenoxy) is 2. The minimum atomic E-state index is -0.712. The van der Waals surface area contributed by atoms with Crippen LogP contribution in [-0.2, 0) is 0 Å². The average molecular weight is 418 g/mol. The van der Waals surface area contributed by atoms with Crippen molar-refractivity contribution < 1.29 is 24.1 Å². The number of benzene rings is 2. The lowest BCUT2D eigenvalue weighted by Crippen LogP contribution is -2.28. The van der Waals surface area contributed by atoms with Crippen LogP contribution in [0.5, 0.6) is 23.0 Å². The molecule has 0 spiro atoms. The molecule has 0 amide bonds. The molecule has 2 aliphatic heterocycles. The Bertz CT molecular complexity index is 1370. The van der Waals surface area contributed by atoms with Gasteiger partial charge in [0.2, 0.25) is 5.43 Å². The van der Waals surface area contributed by atoms with E-state index in [-0.39, 0.29) is 27.9 Å². The van der Waals surface area contributed by atoms with Crippen LogP contribution in [0, 0.1) is 0 Å². The van der Waals surface area contributed by atoms with Gasteiger partial charge in [-0.15, -0.1) is 0 Å². The van der Waals surface area contributed by atoms with Crippen LogP contribution in [0.15, 0.2) is 51.2 Å². The van der Waals surface area contributed by atoms with Crippen molar-refractivity contribution in [3.8, 4) is 34.3 Å². The Morgan fingerprint density at radius 1 is 1.13 bits per heavy atom. The molecule has 158 valence electrons. The van der Waals surface area contributed by atoms with Gasteiger partial charge in [-0.25, -0.2) is 0 Å². The highest BCUT2D eigenvalue weighted by molar-refractivity contribution is 5.95. The van der Waals surface area contributed by atoms with Gasteiger partial charge in [0.1, 0.15) is 45.8 Å². The summed E-state index contributed by atoms with van der Waals surface area (Å²) in [6.07, 6.45) is 4.83. The summed E-state index contributed by atoms with van der Waals surface area (Å²) in [5.41, 5.74) is 1.75. The smallest absolute Gasteiger partial charge is 0.204 e. The standard InChI is InChI=1S/C25H22O6/c1-12(2)9-19-21-22(28)20-16(27)11-18-15(7-8-25(3,4)31-18)23(20)30-24(21)14-6-5-13(26)10-17(14)29-19/h5-11,19,26-27H,1-4H3/t19-/m1/s1. The summed E-state index contributed by atoms with van der Waals surface area (Å²) in [5, 5.41) is 20.7. The molecule has 31 heavy (non-hydrogen) atoms. The molecule has 0 fully saturated rings. The van der Waals surface area contributed by atoms with Crippen molar-refractivity contribution in [2.24, 2.45) is 0 Å². The highest BCUT2D eigenvalue weighted by atomic mass is 16.5. The van der Waals surface area contributed by atoms with Gasteiger partial charge in [0, 0.05) is 12.1 Å². The highest BCUT2D eigenvalue weighted by Gasteiger charge is 2.34. The van der Waals surface area contributed by atoms with Gasteiger partial charge >= 0.3 is 0 Å². The van der Waals surface area contributed by atoms with Crippen LogP contribution in [0.2, 0.25) is 0 Å². The summed E-state index contributed by atoms with van der Waals surface area (Å²) >= 11 is 0. The first-order chi connectivity index (χ1) is 14.6. The Labute approximate surface area is 178 Å². The Kier molecular flexibility index (Phi) is 3.99. The number of fused-ring (bicyclic) bond motifs is 6. The minimum Gasteiger partial charge on any atom is -0.508 e. The van der Waals surface area contributed by atoms with E-state index in [4.69, 9.17) is 13.9 Å². The summed E-state index contributed by atoms with van der Waals surface area (Å²) in [4.78, 5) is 13.6. The van der Waals surface area contributed by atoms with Gasteiger partial charge < -0.3 is 24.1 Å². The quantitative estimate of drug-likeness (QED) is 0.511. The van der Waals surface area contributed by atoms with E-state index in [1.807, 2.05) is 45.9 Å². The molecule has 0 aliphatic carbocycles. The molecule has 1 aromatic heterocycles. The van der Waals surface area contributed by atoms with E-state index in [9.17, 15) is 15.0 Å². The SMILES string of the molecule is CC(C)=C[C@H]1Oc2cc(O)ccc2-c2oc3c4c(cc(O)c3c(=O)c21)OC(C)(C)C=C4. The second-order valence-corrected chi connectivity index (χ2v) is 8.69. The first-order valence-electron chi connectivity index (χ1n) is 10.0. The predicted molar refractivity (Wildman–Crippen MR) is 118 cm³/mol. The van der Waals surface area contributed by atoms with E-state index < -0.39 is 11.7 Å². The lowest BCUT2D eigenvalue weighted by molar-refractivity contribution is 0.158. The molecule has 3 aromatic rings. The maximum atomic E-state index is 13.6. The minimum absolute atomic E-state index is 0.0508. The van der Waals surface area contributed by atoms with Gasteiger partial charge in [0.15, 0.2) is 5.58 Å². The summed E-state index contributed by atoms with van der Waals surface area (Å²) < 4.78 is 18.3. The zero-order chi connectivity index (χ0) is 22.1. The van der Waals surface area contributed by atoms with Gasteiger partial charge in [0.25, 0.3) is 0 Å². The largest absolute Gasteiger partial charge is 0.508 e. The molecule has 0 bridgehead atoms. The number of hydrogen-bond acceptors (Lipinski definition) is 6. The highest BCUT2D eigenvalue weighted by Crippen LogP contribution is 2.47. The molecule has 0 unspecified atom stereocenters. The number of phenolic OH excluding ortho intramolecular Hbond substituents is 2. The summed E-state index contributed by atoms with van der Waals surface area (Å²) in [6, 6.07) is 6.12. The zero-order valence-corrected chi connectivity index (χ0v) is 17.6. The maximum Gasteiger partial charge on any atom is 0.204 e. The number of rotatable bonds is 1.